The number of carbonyl (C=O) groups excluding carboxylic acids is 3. The molecular weight excluding hydrogens is 394 g/mol. The van der Waals surface area contributed by atoms with Gasteiger partial charge in [0.1, 0.15) is 12.3 Å². The molecule has 2 heterocycles. The Balaban J connectivity index is 1.51. The van der Waals surface area contributed by atoms with E-state index < -0.39 is 17.5 Å². The van der Waals surface area contributed by atoms with Crippen LogP contribution in [0.4, 0.5) is 4.79 Å². The van der Waals surface area contributed by atoms with E-state index in [9.17, 15) is 14.4 Å². The Morgan fingerprint density at radius 3 is 2.58 bits per heavy atom. The number of nitrogens with one attached hydrogen (secondary N) is 2. The number of rotatable bonds is 6. The van der Waals surface area contributed by atoms with Crippen LogP contribution in [0.5, 0.6) is 5.75 Å². The molecule has 1 spiro atoms. The maximum Gasteiger partial charge on any atom is 0.325 e. The SMILES string of the molecule is CC(C)C[C@H](NC(=O)CN1C(=O)N[C@@]2(CCOc3ccccc32)C1=O)c1ccccc1. The summed E-state index contributed by atoms with van der Waals surface area (Å²) in [5.41, 5.74) is 0.448. The zero-order valence-corrected chi connectivity index (χ0v) is 17.8. The van der Waals surface area contributed by atoms with Gasteiger partial charge in [-0.05, 0) is 24.0 Å². The number of amides is 4. The van der Waals surface area contributed by atoms with Gasteiger partial charge in [-0.1, -0.05) is 62.4 Å². The second-order valence-corrected chi connectivity index (χ2v) is 8.48. The number of ether oxygens (including phenoxy) is 1. The lowest BCUT2D eigenvalue weighted by molar-refractivity contribution is -0.136. The highest BCUT2D eigenvalue weighted by atomic mass is 16.5. The van der Waals surface area contributed by atoms with E-state index in [2.05, 4.69) is 24.5 Å². The Kier molecular flexibility index (Phi) is 5.67. The van der Waals surface area contributed by atoms with E-state index in [1.54, 1.807) is 18.2 Å². The summed E-state index contributed by atoms with van der Waals surface area (Å²) in [6.45, 7) is 4.17. The average molecular weight is 421 g/mol. The molecule has 4 amide bonds. The minimum atomic E-state index is -1.18. The number of carbonyl (C=O) groups is 3. The normalized spacial score (nSPS) is 20.9. The smallest absolute Gasteiger partial charge is 0.325 e. The lowest BCUT2D eigenvalue weighted by Crippen LogP contribution is -2.48. The van der Waals surface area contributed by atoms with Crippen molar-refractivity contribution in [2.45, 2.75) is 38.3 Å². The number of nitrogens with zero attached hydrogens (tertiary/aromatic N) is 1. The Morgan fingerprint density at radius 1 is 1.13 bits per heavy atom. The van der Waals surface area contributed by atoms with Crippen LogP contribution in [-0.2, 0) is 15.1 Å². The monoisotopic (exact) mass is 421 g/mol. The Bertz CT molecular complexity index is 991. The summed E-state index contributed by atoms with van der Waals surface area (Å²) in [6, 6.07) is 16.2. The van der Waals surface area contributed by atoms with Crippen molar-refractivity contribution in [1.82, 2.24) is 15.5 Å². The number of hydrogen-bond donors (Lipinski definition) is 2. The molecule has 2 aliphatic heterocycles. The fourth-order valence-corrected chi connectivity index (χ4v) is 4.33. The molecule has 0 saturated carbocycles. The molecule has 0 aromatic heterocycles. The van der Waals surface area contributed by atoms with Crippen LogP contribution < -0.4 is 15.4 Å². The van der Waals surface area contributed by atoms with E-state index in [0.717, 1.165) is 16.9 Å². The molecule has 1 fully saturated rings. The molecule has 2 aliphatic rings. The molecule has 2 N–H and O–H groups in total. The van der Waals surface area contributed by atoms with Gasteiger partial charge in [-0.3, -0.25) is 14.5 Å². The van der Waals surface area contributed by atoms with Crippen LogP contribution in [0.15, 0.2) is 54.6 Å². The molecule has 2 aromatic carbocycles. The molecular formula is C24H27N3O4. The first-order valence-electron chi connectivity index (χ1n) is 10.6. The van der Waals surface area contributed by atoms with Gasteiger partial charge in [-0.2, -0.15) is 0 Å². The maximum absolute atomic E-state index is 13.3. The number of hydrogen-bond acceptors (Lipinski definition) is 4. The molecule has 0 radical (unpaired) electrons. The van der Waals surface area contributed by atoms with Crippen molar-refractivity contribution in [2.24, 2.45) is 5.92 Å². The number of benzene rings is 2. The molecule has 0 unspecified atom stereocenters. The van der Waals surface area contributed by atoms with Gasteiger partial charge in [0.2, 0.25) is 5.91 Å². The lowest BCUT2D eigenvalue weighted by atomic mass is 9.84. The van der Waals surface area contributed by atoms with Crippen molar-refractivity contribution in [3.63, 3.8) is 0 Å². The summed E-state index contributed by atoms with van der Waals surface area (Å²) in [5, 5.41) is 5.83. The van der Waals surface area contributed by atoms with Gasteiger partial charge >= 0.3 is 6.03 Å². The number of urea groups is 1. The average Bonchev–Trinajstić information content (AvgIpc) is 2.98. The quantitative estimate of drug-likeness (QED) is 0.702. The largest absolute Gasteiger partial charge is 0.493 e. The highest BCUT2D eigenvalue weighted by molar-refractivity contribution is 6.09. The summed E-state index contributed by atoms with van der Waals surface area (Å²) in [6.07, 6.45) is 1.08. The fraction of sp³-hybridized carbons (Fsp3) is 0.375. The lowest BCUT2D eigenvalue weighted by Gasteiger charge is -2.33. The summed E-state index contributed by atoms with van der Waals surface area (Å²) in [7, 11) is 0. The molecule has 2 atom stereocenters. The van der Waals surface area contributed by atoms with Crippen LogP contribution in [0.1, 0.15) is 43.9 Å². The third-order valence-electron chi connectivity index (χ3n) is 5.80. The molecule has 7 heteroatoms. The molecule has 31 heavy (non-hydrogen) atoms. The maximum atomic E-state index is 13.3. The zero-order chi connectivity index (χ0) is 22.0. The molecule has 0 aliphatic carbocycles. The third kappa shape index (κ3) is 4.00. The van der Waals surface area contributed by atoms with Crippen LogP contribution in [0.3, 0.4) is 0 Å². The second kappa shape index (κ2) is 8.41. The Morgan fingerprint density at radius 2 is 1.84 bits per heavy atom. The summed E-state index contributed by atoms with van der Waals surface area (Å²) >= 11 is 0. The van der Waals surface area contributed by atoms with Crippen LogP contribution in [0, 0.1) is 5.92 Å². The standard InChI is InChI=1S/C24H27N3O4/c1-16(2)14-19(17-8-4-3-5-9-17)25-21(28)15-27-22(29)24(26-23(27)30)12-13-31-20-11-7-6-10-18(20)24/h3-11,16,19H,12-15H2,1-2H3,(H,25,28)(H,26,30)/t19-,24+/m0/s1. The molecule has 2 aromatic rings. The first kappa shape index (κ1) is 20.9. The second-order valence-electron chi connectivity index (χ2n) is 8.48. The van der Waals surface area contributed by atoms with Gasteiger partial charge in [0.15, 0.2) is 5.54 Å². The molecule has 0 bridgehead atoms. The van der Waals surface area contributed by atoms with Gasteiger partial charge in [-0.25, -0.2) is 4.79 Å². The van der Waals surface area contributed by atoms with Crippen molar-refractivity contribution in [3.8, 4) is 5.75 Å². The number of para-hydroxylation sites is 1. The topological polar surface area (TPSA) is 87.7 Å². The number of imide groups is 1. The van der Waals surface area contributed by atoms with Crippen molar-refractivity contribution in [3.05, 3.63) is 65.7 Å². The van der Waals surface area contributed by atoms with E-state index in [1.807, 2.05) is 36.4 Å². The van der Waals surface area contributed by atoms with Crippen molar-refractivity contribution < 1.29 is 19.1 Å². The molecule has 7 nitrogen and oxygen atoms in total. The predicted molar refractivity (Wildman–Crippen MR) is 115 cm³/mol. The third-order valence-corrected chi connectivity index (χ3v) is 5.80. The Labute approximate surface area is 181 Å². The zero-order valence-electron chi connectivity index (χ0n) is 17.8. The first-order chi connectivity index (χ1) is 14.9. The highest BCUT2D eigenvalue weighted by Crippen LogP contribution is 2.40. The van der Waals surface area contributed by atoms with Crippen molar-refractivity contribution >= 4 is 17.8 Å². The van der Waals surface area contributed by atoms with E-state index in [4.69, 9.17) is 4.74 Å². The van der Waals surface area contributed by atoms with Gasteiger partial charge < -0.3 is 15.4 Å². The minimum absolute atomic E-state index is 0.188. The van der Waals surface area contributed by atoms with Gasteiger partial charge in [-0.15, -0.1) is 0 Å². The summed E-state index contributed by atoms with van der Waals surface area (Å²) in [5.74, 6) is 0.165. The molecule has 1 saturated heterocycles. The van der Waals surface area contributed by atoms with E-state index in [0.29, 0.717) is 30.3 Å². The molecule has 162 valence electrons. The van der Waals surface area contributed by atoms with E-state index >= 15 is 0 Å². The van der Waals surface area contributed by atoms with Crippen LogP contribution >= 0.6 is 0 Å². The van der Waals surface area contributed by atoms with Crippen molar-refractivity contribution in [2.75, 3.05) is 13.2 Å². The fourth-order valence-electron chi connectivity index (χ4n) is 4.33. The van der Waals surface area contributed by atoms with E-state index in [1.165, 1.54) is 0 Å². The van der Waals surface area contributed by atoms with Crippen LogP contribution in [0.25, 0.3) is 0 Å². The first-order valence-corrected chi connectivity index (χ1v) is 10.6. The molecule has 4 rings (SSSR count). The van der Waals surface area contributed by atoms with Gasteiger partial charge in [0.25, 0.3) is 5.91 Å². The van der Waals surface area contributed by atoms with Gasteiger partial charge in [0, 0.05) is 12.0 Å². The summed E-state index contributed by atoms with van der Waals surface area (Å²) in [4.78, 5) is 39.9. The van der Waals surface area contributed by atoms with Crippen LogP contribution in [0.2, 0.25) is 0 Å². The summed E-state index contributed by atoms with van der Waals surface area (Å²) < 4.78 is 5.65. The van der Waals surface area contributed by atoms with Crippen LogP contribution in [-0.4, -0.2) is 35.9 Å². The number of fused-ring (bicyclic) bond motifs is 2. The van der Waals surface area contributed by atoms with E-state index in [-0.39, 0.29) is 18.5 Å². The van der Waals surface area contributed by atoms with Crippen molar-refractivity contribution in [1.29, 1.82) is 0 Å². The predicted octanol–water partition coefficient (Wildman–Crippen LogP) is 3.12. The Hall–Kier alpha value is -3.35. The minimum Gasteiger partial charge on any atom is -0.493 e. The highest BCUT2D eigenvalue weighted by Gasteiger charge is 2.55. The van der Waals surface area contributed by atoms with Gasteiger partial charge in [0.05, 0.1) is 12.6 Å².